The molecule has 0 N–H and O–H groups in total. The van der Waals surface area contributed by atoms with Gasteiger partial charge in [-0.2, -0.15) is 0 Å². The normalized spacial score (nSPS) is 35.5. The summed E-state index contributed by atoms with van der Waals surface area (Å²) in [5.41, 5.74) is 2.12. The largest absolute Gasteiger partial charge is 0.241 e. The molecule has 0 aromatic heterocycles. The van der Waals surface area contributed by atoms with Gasteiger partial charge in [-0.3, -0.25) is 0 Å². The van der Waals surface area contributed by atoms with Crippen LogP contribution in [0.3, 0.4) is 0 Å². The van der Waals surface area contributed by atoms with Crippen LogP contribution in [-0.2, 0) is 0 Å². The molecule has 0 saturated heterocycles. The quantitative estimate of drug-likeness (QED) is 0.446. The number of halogens is 3. The van der Waals surface area contributed by atoms with Crippen LogP contribution in [0.5, 0.6) is 0 Å². The highest BCUT2D eigenvalue weighted by atomic mass is 19.3. The highest BCUT2D eigenvalue weighted by Crippen LogP contribution is 2.45. The molecular formula is C27H39F3. The number of hydrogen-bond acceptors (Lipinski definition) is 0. The maximum absolute atomic E-state index is 15.0. The Hall–Kier alpha value is -0.990. The van der Waals surface area contributed by atoms with Crippen molar-refractivity contribution >= 4 is 0 Å². The molecule has 0 heterocycles. The zero-order valence-corrected chi connectivity index (χ0v) is 18.6. The van der Waals surface area contributed by atoms with E-state index in [2.05, 4.69) is 19.1 Å². The topological polar surface area (TPSA) is 0 Å². The SMILES string of the molecule is CCC1CCC(c2ccc(C3CCC(C4CCC(C(F)F)CC4)CC3)c(F)c2)CC1. The van der Waals surface area contributed by atoms with Crippen LogP contribution in [0.25, 0.3) is 0 Å². The average molecular weight is 421 g/mol. The van der Waals surface area contributed by atoms with Gasteiger partial charge in [0.15, 0.2) is 0 Å². The lowest BCUT2D eigenvalue weighted by Gasteiger charge is -2.38. The second kappa shape index (κ2) is 10.1. The van der Waals surface area contributed by atoms with Crippen LogP contribution in [-0.4, -0.2) is 6.43 Å². The van der Waals surface area contributed by atoms with Crippen LogP contribution in [0.2, 0.25) is 0 Å². The van der Waals surface area contributed by atoms with Gasteiger partial charge < -0.3 is 0 Å². The van der Waals surface area contributed by atoms with E-state index in [4.69, 9.17) is 0 Å². The Morgan fingerprint density at radius 1 is 0.767 bits per heavy atom. The van der Waals surface area contributed by atoms with Gasteiger partial charge in [0.1, 0.15) is 5.82 Å². The van der Waals surface area contributed by atoms with Crippen LogP contribution in [0.4, 0.5) is 13.2 Å². The smallest absolute Gasteiger partial charge is 0.210 e. The lowest BCUT2D eigenvalue weighted by molar-refractivity contribution is 0.0353. The highest BCUT2D eigenvalue weighted by molar-refractivity contribution is 5.30. The van der Waals surface area contributed by atoms with Crippen molar-refractivity contribution in [3.05, 3.63) is 35.1 Å². The fraction of sp³-hybridized carbons (Fsp3) is 0.778. The summed E-state index contributed by atoms with van der Waals surface area (Å²) in [6.45, 7) is 2.28. The molecule has 3 fully saturated rings. The molecule has 1 aromatic carbocycles. The summed E-state index contributed by atoms with van der Waals surface area (Å²) in [7, 11) is 0. The predicted molar refractivity (Wildman–Crippen MR) is 118 cm³/mol. The maximum Gasteiger partial charge on any atom is 0.241 e. The van der Waals surface area contributed by atoms with Crippen molar-refractivity contribution in [2.45, 2.75) is 109 Å². The second-order valence-electron chi connectivity index (χ2n) is 10.5. The van der Waals surface area contributed by atoms with Crippen molar-refractivity contribution in [2.24, 2.45) is 23.7 Å². The van der Waals surface area contributed by atoms with E-state index in [1.165, 1.54) is 37.7 Å². The van der Waals surface area contributed by atoms with Crippen molar-refractivity contribution in [1.82, 2.24) is 0 Å². The average Bonchev–Trinajstić information content (AvgIpc) is 2.79. The monoisotopic (exact) mass is 420 g/mol. The van der Waals surface area contributed by atoms with Gasteiger partial charge in [0, 0.05) is 5.92 Å². The first-order valence-corrected chi connectivity index (χ1v) is 12.6. The van der Waals surface area contributed by atoms with Crippen LogP contribution in [0.1, 0.15) is 113 Å². The summed E-state index contributed by atoms with van der Waals surface area (Å²) < 4.78 is 40.9. The Morgan fingerprint density at radius 3 is 1.87 bits per heavy atom. The Kier molecular flexibility index (Phi) is 7.47. The van der Waals surface area contributed by atoms with Crippen molar-refractivity contribution in [3.63, 3.8) is 0 Å². The third kappa shape index (κ3) is 5.07. The summed E-state index contributed by atoms with van der Waals surface area (Å²) in [5.74, 6) is 2.65. The number of benzene rings is 1. The van der Waals surface area contributed by atoms with Gasteiger partial charge >= 0.3 is 0 Å². The van der Waals surface area contributed by atoms with E-state index >= 15 is 4.39 Å². The molecule has 3 aliphatic carbocycles. The molecule has 1 aromatic rings. The van der Waals surface area contributed by atoms with E-state index in [0.717, 1.165) is 50.0 Å². The van der Waals surface area contributed by atoms with Gasteiger partial charge in [-0.15, -0.1) is 0 Å². The van der Waals surface area contributed by atoms with E-state index in [9.17, 15) is 8.78 Å². The van der Waals surface area contributed by atoms with Crippen LogP contribution >= 0.6 is 0 Å². The van der Waals surface area contributed by atoms with E-state index in [1.54, 1.807) is 0 Å². The highest BCUT2D eigenvalue weighted by Gasteiger charge is 2.34. The zero-order chi connectivity index (χ0) is 21.1. The van der Waals surface area contributed by atoms with Gasteiger partial charge in [0.25, 0.3) is 0 Å². The molecule has 0 bridgehead atoms. The van der Waals surface area contributed by atoms with Gasteiger partial charge in [-0.1, -0.05) is 25.5 Å². The van der Waals surface area contributed by atoms with E-state index in [1.807, 2.05) is 6.07 Å². The van der Waals surface area contributed by atoms with Crippen molar-refractivity contribution in [3.8, 4) is 0 Å². The lowest BCUT2D eigenvalue weighted by Crippen LogP contribution is -2.27. The van der Waals surface area contributed by atoms with Gasteiger partial charge in [0.2, 0.25) is 6.43 Å². The summed E-state index contributed by atoms with van der Waals surface area (Å²) in [6, 6.07) is 6.12. The second-order valence-corrected chi connectivity index (χ2v) is 10.5. The van der Waals surface area contributed by atoms with Gasteiger partial charge in [-0.05, 0) is 124 Å². The minimum Gasteiger partial charge on any atom is -0.210 e. The first-order chi connectivity index (χ1) is 14.5. The van der Waals surface area contributed by atoms with Gasteiger partial charge in [0.05, 0.1) is 0 Å². The number of alkyl halides is 2. The van der Waals surface area contributed by atoms with Crippen LogP contribution < -0.4 is 0 Å². The molecule has 3 aliphatic rings. The lowest BCUT2D eigenvalue weighted by atomic mass is 9.68. The van der Waals surface area contributed by atoms with E-state index < -0.39 is 6.43 Å². The van der Waals surface area contributed by atoms with E-state index in [-0.39, 0.29) is 11.7 Å². The molecule has 168 valence electrons. The van der Waals surface area contributed by atoms with Gasteiger partial charge in [-0.25, -0.2) is 13.2 Å². The summed E-state index contributed by atoms with van der Waals surface area (Å²) in [4.78, 5) is 0. The Bertz CT molecular complexity index is 661. The predicted octanol–water partition coefficient (Wildman–Crippen LogP) is 8.85. The third-order valence-electron chi connectivity index (χ3n) is 8.97. The Balaban J connectivity index is 1.30. The molecule has 4 rings (SSSR count). The molecule has 0 radical (unpaired) electrons. The molecule has 0 spiro atoms. The van der Waals surface area contributed by atoms with E-state index in [0.29, 0.717) is 36.5 Å². The minimum atomic E-state index is -2.14. The molecular weight excluding hydrogens is 381 g/mol. The molecule has 3 saturated carbocycles. The Labute approximate surface area is 181 Å². The maximum atomic E-state index is 15.0. The minimum absolute atomic E-state index is 0.00556. The fourth-order valence-electron chi connectivity index (χ4n) is 6.80. The summed E-state index contributed by atoms with van der Waals surface area (Å²) in [6.07, 6.45) is 11.8. The third-order valence-corrected chi connectivity index (χ3v) is 8.97. The summed E-state index contributed by atoms with van der Waals surface area (Å²) in [5, 5.41) is 0. The molecule has 30 heavy (non-hydrogen) atoms. The van der Waals surface area contributed by atoms with Crippen molar-refractivity contribution in [1.29, 1.82) is 0 Å². The standard InChI is InChI=1S/C27H39F3/c1-2-18-3-5-21(6-4-18)24-15-16-25(26(28)17-24)22-11-7-19(8-12-22)20-9-13-23(14-10-20)27(29)30/h15-23,27H,2-14H2,1H3. The molecule has 0 amide bonds. The number of hydrogen-bond donors (Lipinski definition) is 0. The van der Waals surface area contributed by atoms with Crippen LogP contribution in [0.15, 0.2) is 18.2 Å². The molecule has 0 aliphatic heterocycles. The summed E-state index contributed by atoms with van der Waals surface area (Å²) >= 11 is 0. The molecule has 0 unspecified atom stereocenters. The van der Waals surface area contributed by atoms with Crippen molar-refractivity contribution < 1.29 is 13.2 Å². The zero-order valence-electron chi connectivity index (χ0n) is 18.6. The molecule has 0 nitrogen and oxygen atoms in total. The first-order valence-electron chi connectivity index (χ1n) is 12.6. The first kappa shape index (κ1) is 22.2. The molecule has 0 atom stereocenters. The fourth-order valence-corrected chi connectivity index (χ4v) is 6.80. The number of rotatable bonds is 5. The Morgan fingerprint density at radius 2 is 1.33 bits per heavy atom. The molecule has 3 heteroatoms. The van der Waals surface area contributed by atoms with Crippen LogP contribution in [0, 0.1) is 29.5 Å². The van der Waals surface area contributed by atoms with Crippen molar-refractivity contribution in [2.75, 3.05) is 0 Å².